The number of rotatable bonds is 5. The van der Waals surface area contributed by atoms with Crippen LogP contribution in [0.5, 0.6) is 0 Å². The van der Waals surface area contributed by atoms with Crippen LogP contribution in [0.2, 0.25) is 0 Å². The van der Waals surface area contributed by atoms with Gasteiger partial charge in [-0.3, -0.25) is 9.78 Å². The number of hydrogen-bond donors (Lipinski definition) is 1. The maximum absolute atomic E-state index is 12.3. The van der Waals surface area contributed by atoms with Gasteiger partial charge in [0.05, 0.1) is 18.3 Å². The van der Waals surface area contributed by atoms with Crippen molar-refractivity contribution in [3.05, 3.63) is 53.9 Å². The highest BCUT2D eigenvalue weighted by Crippen LogP contribution is 2.20. The van der Waals surface area contributed by atoms with Crippen LogP contribution in [0.4, 0.5) is 11.4 Å². The van der Waals surface area contributed by atoms with Crippen molar-refractivity contribution in [2.45, 2.75) is 25.8 Å². The minimum atomic E-state index is 0.0896. The van der Waals surface area contributed by atoms with Gasteiger partial charge in [0.2, 0.25) is 5.91 Å². The first kappa shape index (κ1) is 17.3. The molecule has 132 valence electrons. The zero-order valence-electron chi connectivity index (χ0n) is 15.2. The van der Waals surface area contributed by atoms with Crippen molar-refractivity contribution in [1.29, 1.82) is 0 Å². The topological polar surface area (TPSA) is 48.5 Å². The van der Waals surface area contributed by atoms with Crippen LogP contribution in [0, 0.1) is 6.92 Å². The van der Waals surface area contributed by atoms with Crippen molar-refractivity contribution in [2.75, 3.05) is 37.0 Å². The monoisotopic (exact) mass is 338 g/mol. The number of nitrogens with one attached hydrogen (secondary N) is 1. The second kappa shape index (κ2) is 7.55. The van der Waals surface area contributed by atoms with Gasteiger partial charge < -0.3 is 15.1 Å². The van der Waals surface area contributed by atoms with Crippen LogP contribution < -0.4 is 15.1 Å². The van der Waals surface area contributed by atoms with E-state index in [2.05, 4.69) is 26.2 Å². The lowest BCUT2D eigenvalue weighted by atomic mass is 10.1. The Labute approximate surface area is 149 Å². The molecular weight excluding hydrogens is 312 g/mol. The number of carbonyl (C=O) groups is 1. The van der Waals surface area contributed by atoms with Gasteiger partial charge in [-0.1, -0.05) is 12.1 Å². The molecule has 1 amide bonds. The summed E-state index contributed by atoms with van der Waals surface area (Å²) < 4.78 is 0. The first-order valence-corrected chi connectivity index (χ1v) is 8.73. The summed E-state index contributed by atoms with van der Waals surface area (Å²) in [6.07, 6.45) is 5.15. The highest BCUT2D eigenvalue weighted by Gasteiger charge is 2.24. The third-order valence-electron chi connectivity index (χ3n) is 4.60. The summed E-state index contributed by atoms with van der Waals surface area (Å²) in [4.78, 5) is 20.9. The Morgan fingerprint density at radius 2 is 2.04 bits per heavy atom. The van der Waals surface area contributed by atoms with Crippen LogP contribution in [0.3, 0.4) is 0 Å². The van der Waals surface area contributed by atoms with E-state index >= 15 is 0 Å². The molecule has 1 atom stereocenters. The number of pyridine rings is 1. The fourth-order valence-electron chi connectivity index (χ4n) is 3.20. The molecule has 0 bridgehead atoms. The molecule has 2 aromatic rings. The number of carbonyl (C=O) groups excluding carboxylic acids is 1. The Morgan fingerprint density at radius 1 is 1.28 bits per heavy atom. The fraction of sp³-hybridized carbons (Fsp3) is 0.400. The van der Waals surface area contributed by atoms with E-state index in [1.807, 2.05) is 57.7 Å². The van der Waals surface area contributed by atoms with Crippen LogP contribution in [0.25, 0.3) is 0 Å². The summed E-state index contributed by atoms with van der Waals surface area (Å²) in [6.45, 7) is 3.84. The van der Waals surface area contributed by atoms with E-state index in [-0.39, 0.29) is 11.9 Å². The van der Waals surface area contributed by atoms with Crippen molar-refractivity contribution in [1.82, 2.24) is 10.3 Å². The zero-order valence-corrected chi connectivity index (χ0v) is 15.2. The maximum Gasteiger partial charge on any atom is 0.224 e. The number of aryl methyl sites for hydroxylation is 1. The molecule has 0 spiro atoms. The maximum atomic E-state index is 12.3. The second-order valence-electron chi connectivity index (χ2n) is 6.96. The number of anilines is 2. The van der Waals surface area contributed by atoms with Crippen LogP contribution in [0.15, 0.2) is 42.7 Å². The second-order valence-corrected chi connectivity index (χ2v) is 6.96. The Bertz CT molecular complexity index is 727. The predicted octanol–water partition coefficient (Wildman–Crippen LogP) is 2.39. The number of aromatic nitrogens is 1. The molecule has 1 fully saturated rings. The standard InChI is InChI=1S/C20H26N4O/c1-15-10-19(13-21-12-15)24-9-8-17(14-24)22-20(25)11-16-4-6-18(7-5-16)23(2)3/h4-7,10,12-13,17H,8-9,11,14H2,1-3H3,(H,22,25)/t17-/m1/s1. The predicted molar refractivity (Wildman–Crippen MR) is 102 cm³/mol. The average molecular weight is 338 g/mol. The molecule has 0 aliphatic carbocycles. The van der Waals surface area contributed by atoms with Crippen molar-refractivity contribution in [3.63, 3.8) is 0 Å². The van der Waals surface area contributed by atoms with Gasteiger partial charge in [-0.2, -0.15) is 0 Å². The van der Waals surface area contributed by atoms with Gasteiger partial charge in [0.15, 0.2) is 0 Å². The van der Waals surface area contributed by atoms with Crippen molar-refractivity contribution < 1.29 is 4.79 Å². The molecule has 2 heterocycles. The molecule has 0 unspecified atom stereocenters. The molecule has 1 N–H and O–H groups in total. The molecule has 0 saturated carbocycles. The molecule has 25 heavy (non-hydrogen) atoms. The molecule has 1 saturated heterocycles. The van der Waals surface area contributed by atoms with Gasteiger partial charge in [0, 0.05) is 45.1 Å². The van der Waals surface area contributed by atoms with E-state index in [4.69, 9.17) is 0 Å². The summed E-state index contributed by atoms with van der Waals surface area (Å²) in [5.41, 5.74) is 4.48. The third kappa shape index (κ3) is 4.50. The largest absolute Gasteiger partial charge is 0.378 e. The van der Waals surface area contributed by atoms with Gasteiger partial charge in [-0.25, -0.2) is 0 Å². The quantitative estimate of drug-likeness (QED) is 0.909. The van der Waals surface area contributed by atoms with Crippen molar-refractivity contribution in [3.8, 4) is 0 Å². The summed E-state index contributed by atoms with van der Waals surface area (Å²) in [6, 6.07) is 10.5. The lowest BCUT2D eigenvalue weighted by Gasteiger charge is -2.19. The smallest absolute Gasteiger partial charge is 0.224 e. The molecule has 1 aromatic heterocycles. The van der Waals surface area contributed by atoms with Crippen LogP contribution in [-0.2, 0) is 11.2 Å². The zero-order chi connectivity index (χ0) is 17.8. The average Bonchev–Trinajstić information content (AvgIpc) is 3.03. The van der Waals surface area contributed by atoms with Crippen LogP contribution in [0.1, 0.15) is 17.5 Å². The van der Waals surface area contributed by atoms with E-state index in [1.165, 1.54) is 0 Å². The Kier molecular flexibility index (Phi) is 5.22. The number of benzene rings is 1. The summed E-state index contributed by atoms with van der Waals surface area (Å²) in [7, 11) is 4.02. The van der Waals surface area contributed by atoms with E-state index < -0.39 is 0 Å². The molecule has 5 heteroatoms. The molecule has 0 radical (unpaired) electrons. The van der Waals surface area contributed by atoms with Crippen molar-refractivity contribution >= 4 is 17.3 Å². The van der Waals surface area contributed by atoms with E-state index in [1.54, 1.807) is 0 Å². The minimum absolute atomic E-state index is 0.0896. The normalized spacial score (nSPS) is 16.8. The van der Waals surface area contributed by atoms with Gasteiger partial charge in [-0.15, -0.1) is 0 Å². The van der Waals surface area contributed by atoms with Crippen LogP contribution in [-0.4, -0.2) is 44.1 Å². The Balaban J connectivity index is 1.52. The van der Waals surface area contributed by atoms with E-state index in [0.717, 1.165) is 42.0 Å². The first-order chi connectivity index (χ1) is 12.0. The molecule has 1 aliphatic rings. The Morgan fingerprint density at radius 3 is 2.72 bits per heavy atom. The van der Waals surface area contributed by atoms with E-state index in [0.29, 0.717) is 6.42 Å². The summed E-state index contributed by atoms with van der Waals surface area (Å²) >= 11 is 0. The third-order valence-corrected chi connectivity index (χ3v) is 4.60. The molecule has 5 nitrogen and oxygen atoms in total. The van der Waals surface area contributed by atoms with Crippen LogP contribution >= 0.6 is 0 Å². The molecular formula is C20H26N4O. The highest BCUT2D eigenvalue weighted by molar-refractivity contribution is 5.79. The molecule has 1 aliphatic heterocycles. The van der Waals surface area contributed by atoms with Gasteiger partial charge in [0.1, 0.15) is 0 Å². The summed E-state index contributed by atoms with van der Waals surface area (Å²) in [5, 5.41) is 3.17. The van der Waals surface area contributed by atoms with Gasteiger partial charge >= 0.3 is 0 Å². The van der Waals surface area contributed by atoms with Gasteiger partial charge in [-0.05, 0) is 42.7 Å². The van der Waals surface area contributed by atoms with Gasteiger partial charge in [0.25, 0.3) is 0 Å². The Hall–Kier alpha value is -2.56. The number of amides is 1. The lowest BCUT2D eigenvalue weighted by molar-refractivity contribution is -0.121. The molecule has 1 aromatic carbocycles. The van der Waals surface area contributed by atoms with Crippen molar-refractivity contribution in [2.24, 2.45) is 0 Å². The number of hydrogen-bond acceptors (Lipinski definition) is 4. The first-order valence-electron chi connectivity index (χ1n) is 8.73. The molecule has 3 rings (SSSR count). The lowest BCUT2D eigenvalue weighted by Crippen LogP contribution is -2.38. The SMILES string of the molecule is Cc1cncc(N2CC[C@@H](NC(=O)Cc3ccc(N(C)C)cc3)C2)c1. The minimum Gasteiger partial charge on any atom is -0.378 e. The fourth-order valence-corrected chi connectivity index (χ4v) is 3.20. The summed E-state index contributed by atoms with van der Waals surface area (Å²) in [5.74, 6) is 0.0896. The highest BCUT2D eigenvalue weighted by atomic mass is 16.1. The van der Waals surface area contributed by atoms with E-state index in [9.17, 15) is 4.79 Å². The number of nitrogens with zero attached hydrogens (tertiary/aromatic N) is 3.